The summed E-state index contributed by atoms with van der Waals surface area (Å²) in [7, 11) is 0. The Morgan fingerprint density at radius 3 is 2.50 bits per heavy atom. The van der Waals surface area contributed by atoms with E-state index in [1.165, 1.54) is 12.1 Å². The first-order valence-electron chi connectivity index (χ1n) is 12.7. The normalized spacial score (nSPS) is 11.9. The van der Waals surface area contributed by atoms with Crippen molar-refractivity contribution in [1.29, 1.82) is 0 Å². The molecule has 9 heteroatoms. The van der Waals surface area contributed by atoms with Crippen molar-refractivity contribution in [3.05, 3.63) is 125 Å². The highest BCUT2D eigenvalue weighted by Crippen LogP contribution is 2.30. The van der Waals surface area contributed by atoms with Crippen LogP contribution < -0.4 is 16.8 Å². The minimum atomic E-state index is -0.744. The second kappa shape index (κ2) is 11.5. The molecule has 5 aromatic rings. The topological polar surface area (TPSA) is 127 Å². The minimum absolute atomic E-state index is 0.0569. The summed E-state index contributed by atoms with van der Waals surface area (Å²) >= 11 is 0. The van der Waals surface area contributed by atoms with E-state index in [9.17, 15) is 18.4 Å². The molecule has 202 valence electrons. The van der Waals surface area contributed by atoms with E-state index in [0.29, 0.717) is 34.5 Å². The summed E-state index contributed by atoms with van der Waals surface area (Å²) in [5.74, 6) is -2.32. The molecule has 0 fully saturated rings. The zero-order valence-corrected chi connectivity index (χ0v) is 21.5. The number of nitrogens with zero attached hydrogens (tertiary/aromatic N) is 1. The maximum absolute atomic E-state index is 14.1. The molecule has 0 saturated carbocycles. The molecule has 7 nitrogen and oxygen atoms in total. The predicted octanol–water partition coefficient (Wildman–Crippen LogP) is 4.71. The summed E-state index contributed by atoms with van der Waals surface area (Å²) in [4.78, 5) is 33.0. The van der Waals surface area contributed by atoms with Crippen LogP contribution in [0.15, 0.2) is 85.2 Å². The van der Waals surface area contributed by atoms with Crippen LogP contribution in [0.2, 0.25) is 0 Å². The number of fused-ring (bicyclic) bond motifs is 1. The van der Waals surface area contributed by atoms with E-state index in [0.717, 1.165) is 28.1 Å². The Hall–Kier alpha value is -4.89. The molecule has 5 rings (SSSR count). The molecule has 3 aromatic carbocycles. The number of amides is 2. The number of hydrogen-bond donors (Lipinski definition) is 4. The quantitative estimate of drug-likeness (QED) is 0.216. The summed E-state index contributed by atoms with van der Waals surface area (Å²) in [6, 6.07) is 18.6. The summed E-state index contributed by atoms with van der Waals surface area (Å²) in [5.41, 5.74) is 16.3. The highest BCUT2D eigenvalue weighted by atomic mass is 19.1. The summed E-state index contributed by atoms with van der Waals surface area (Å²) in [5, 5.41) is 3.92. The Labute approximate surface area is 229 Å². The molecule has 1 atom stereocenters. The van der Waals surface area contributed by atoms with Gasteiger partial charge in [-0.2, -0.15) is 0 Å². The van der Waals surface area contributed by atoms with E-state index in [2.05, 4.69) is 15.3 Å². The number of benzene rings is 3. The SMILES string of the molecule is NCc1ccc2[nH]cc(CC(=O)NC(Cc3cc(F)cc(F)c3)c3ncccc3-c3cccc(C(N)=O)c3)c2c1. The summed E-state index contributed by atoms with van der Waals surface area (Å²) < 4.78 is 28.1. The maximum Gasteiger partial charge on any atom is 0.248 e. The molecular weight excluding hydrogens is 512 g/mol. The Balaban J connectivity index is 1.51. The molecule has 2 amide bonds. The third-order valence-electron chi connectivity index (χ3n) is 6.74. The van der Waals surface area contributed by atoms with Gasteiger partial charge in [0.15, 0.2) is 0 Å². The van der Waals surface area contributed by atoms with Gasteiger partial charge in [0.25, 0.3) is 0 Å². The van der Waals surface area contributed by atoms with E-state index in [1.54, 1.807) is 42.7 Å². The third kappa shape index (κ3) is 5.89. The van der Waals surface area contributed by atoms with E-state index in [1.807, 2.05) is 24.3 Å². The van der Waals surface area contributed by atoms with Crippen LogP contribution in [0.4, 0.5) is 8.78 Å². The zero-order chi connectivity index (χ0) is 28.2. The Morgan fingerprint density at radius 2 is 1.75 bits per heavy atom. The van der Waals surface area contributed by atoms with Gasteiger partial charge in [-0.3, -0.25) is 14.6 Å². The van der Waals surface area contributed by atoms with Crippen molar-refractivity contribution in [2.24, 2.45) is 11.5 Å². The van der Waals surface area contributed by atoms with Gasteiger partial charge in [-0.05, 0) is 71.1 Å². The fourth-order valence-electron chi connectivity index (χ4n) is 4.88. The lowest BCUT2D eigenvalue weighted by Crippen LogP contribution is -2.32. The average molecular weight is 540 g/mol. The van der Waals surface area contributed by atoms with Crippen LogP contribution in [-0.2, 0) is 24.2 Å². The summed E-state index contributed by atoms with van der Waals surface area (Å²) in [6.07, 6.45) is 3.49. The lowest BCUT2D eigenvalue weighted by atomic mass is 9.94. The van der Waals surface area contributed by atoms with Gasteiger partial charge in [0, 0.05) is 47.0 Å². The predicted molar refractivity (Wildman–Crippen MR) is 149 cm³/mol. The Kier molecular flexibility index (Phi) is 7.65. The van der Waals surface area contributed by atoms with Crippen molar-refractivity contribution in [2.45, 2.75) is 25.4 Å². The van der Waals surface area contributed by atoms with Gasteiger partial charge in [0.2, 0.25) is 11.8 Å². The van der Waals surface area contributed by atoms with Gasteiger partial charge in [-0.1, -0.05) is 24.3 Å². The number of H-pyrrole nitrogens is 1. The van der Waals surface area contributed by atoms with Gasteiger partial charge in [0.05, 0.1) is 18.2 Å². The number of nitrogens with two attached hydrogens (primary N) is 2. The number of halogens is 2. The van der Waals surface area contributed by atoms with Crippen molar-refractivity contribution in [2.75, 3.05) is 0 Å². The first kappa shape index (κ1) is 26.7. The van der Waals surface area contributed by atoms with Crippen molar-refractivity contribution in [3.8, 4) is 11.1 Å². The molecular formula is C31H27F2N5O2. The number of nitrogens with one attached hydrogen (secondary N) is 2. The third-order valence-corrected chi connectivity index (χ3v) is 6.74. The highest BCUT2D eigenvalue weighted by molar-refractivity contribution is 5.94. The largest absolute Gasteiger partial charge is 0.366 e. The van der Waals surface area contributed by atoms with E-state index < -0.39 is 23.6 Å². The highest BCUT2D eigenvalue weighted by Gasteiger charge is 2.22. The molecule has 2 aromatic heterocycles. The molecule has 1 unspecified atom stereocenters. The van der Waals surface area contributed by atoms with Crippen LogP contribution in [0.1, 0.15) is 38.8 Å². The van der Waals surface area contributed by atoms with Gasteiger partial charge in [0.1, 0.15) is 11.6 Å². The number of hydrogen-bond acceptors (Lipinski definition) is 4. The monoisotopic (exact) mass is 539 g/mol. The van der Waals surface area contributed by atoms with Crippen LogP contribution in [0, 0.1) is 11.6 Å². The van der Waals surface area contributed by atoms with Crippen LogP contribution in [0.3, 0.4) is 0 Å². The molecule has 0 radical (unpaired) electrons. The first-order valence-corrected chi connectivity index (χ1v) is 12.7. The van der Waals surface area contributed by atoms with Gasteiger partial charge in [-0.25, -0.2) is 8.78 Å². The number of primary amides is 1. The maximum atomic E-state index is 14.1. The van der Waals surface area contributed by atoms with Crippen molar-refractivity contribution < 1.29 is 18.4 Å². The molecule has 0 bridgehead atoms. The van der Waals surface area contributed by atoms with Crippen molar-refractivity contribution in [1.82, 2.24) is 15.3 Å². The number of rotatable bonds is 9. The molecule has 0 spiro atoms. The fraction of sp³-hybridized carbons (Fsp3) is 0.129. The molecule has 0 saturated heterocycles. The zero-order valence-electron chi connectivity index (χ0n) is 21.5. The first-order chi connectivity index (χ1) is 19.3. The molecule has 0 aliphatic carbocycles. The van der Waals surface area contributed by atoms with Gasteiger partial charge >= 0.3 is 0 Å². The van der Waals surface area contributed by atoms with Crippen LogP contribution in [0.25, 0.3) is 22.0 Å². The Morgan fingerprint density at radius 1 is 0.950 bits per heavy atom. The number of carbonyl (C=O) groups is 2. The van der Waals surface area contributed by atoms with Crippen molar-refractivity contribution in [3.63, 3.8) is 0 Å². The number of aromatic nitrogens is 2. The second-order valence-electron chi connectivity index (χ2n) is 9.56. The second-order valence-corrected chi connectivity index (χ2v) is 9.56. The standard InChI is InChI=1S/C31H27F2N5O2/c32-23-9-19(10-24(33)15-23)12-28(30-25(5-2-8-36-30)20-3-1-4-21(13-20)31(35)40)38-29(39)14-22-17-37-27-7-6-18(16-34)11-26(22)27/h1-11,13,15,17,28,37H,12,14,16,34H2,(H2,35,40)(H,38,39). The lowest BCUT2D eigenvalue weighted by Gasteiger charge is -2.22. The number of carbonyl (C=O) groups excluding carboxylic acids is 2. The molecule has 0 aliphatic rings. The van der Waals surface area contributed by atoms with Crippen LogP contribution in [-0.4, -0.2) is 21.8 Å². The van der Waals surface area contributed by atoms with Crippen molar-refractivity contribution >= 4 is 22.7 Å². The fourth-order valence-corrected chi connectivity index (χ4v) is 4.88. The van der Waals surface area contributed by atoms with E-state index in [4.69, 9.17) is 11.5 Å². The smallest absolute Gasteiger partial charge is 0.248 e. The van der Waals surface area contributed by atoms with Gasteiger partial charge in [-0.15, -0.1) is 0 Å². The van der Waals surface area contributed by atoms with E-state index >= 15 is 0 Å². The molecule has 0 aliphatic heterocycles. The Bertz CT molecular complexity index is 1700. The average Bonchev–Trinajstić information content (AvgIpc) is 3.33. The minimum Gasteiger partial charge on any atom is -0.366 e. The summed E-state index contributed by atoms with van der Waals surface area (Å²) in [6.45, 7) is 0.373. The number of aromatic amines is 1. The van der Waals surface area contributed by atoms with Crippen LogP contribution >= 0.6 is 0 Å². The van der Waals surface area contributed by atoms with Crippen LogP contribution in [0.5, 0.6) is 0 Å². The molecule has 2 heterocycles. The number of pyridine rings is 1. The molecule has 6 N–H and O–H groups in total. The van der Waals surface area contributed by atoms with Gasteiger partial charge < -0.3 is 21.8 Å². The van der Waals surface area contributed by atoms with E-state index in [-0.39, 0.29) is 18.7 Å². The lowest BCUT2D eigenvalue weighted by molar-refractivity contribution is -0.121. The molecule has 40 heavy (non-hydrogen) atoms.